The van der Waals surface area contributed by atoms with E-state index in [-0.39, 0.29) is 23.6 Å². The van der Waals surface area contributed by atoms with Crippen molar-refractivity contribution in [2.24, 2.45) is 0 Å². The highest BCUT2D eigenvalue weighted by Gasteiger charge is 2.30. The molecule has 0 spiro atoms. The number of carbonyl (C=O) groups excluding carboxylic acids is 1. The lowest BCUT2D eigenvalue weighted by atomic mass is 10.0. The number of nitrogens with zero attached hydrogens (tertiary/aromatic N) is 2. The zero-order valence-corrected chi connectivity index (χ0v) is 16.8. The summed E-state index contributed by atoms with van der Waals surface area (Å²) in [6.45, 7) is 0.865. The van der Waals surface area contributed by atoms with Crippen LogP contribution in [0.5, 0.6) is 5.75 Å². The maximum absolute atomic E-state index is 12.7. The van der Waals surface area contributed by atoms with Crippen LogP contribution in [-0.2, 0) is 17.4 Å². The average Bonchev–Trinajstić information content (AvgIpc) is 2.74. The molecule has 10 heteroatoms. The van der Waals surface area contributed by atoms with Gasteiger partial charge >= 0.3 is 12.1 Å². The van der Waals surface area contributed by atoms with E-state index in [4.69, 9.17) is 5.11 Å². The number of carbonyl (C=O) groups is 2. The summed E-state index contributed by atoms with van der Waals surface area (Å²) in [6, 6.07) is 11.8. The van der Waals surface area contributed by atoms with E-state index in [1.54, 1.807) is 24.3 Å². The molecule has 0 saturated carbocycles. The van der Waals surface area contributed by atoms with Gasteiger partial charge in [0.1, 0.15) is 12.4 Å². The van der Waals surface area contributed by atoms with Crippen molar-refractivity contribution in [2.45, 2.75) is 19.5 Å². The van der Waals surface area contributed by atoms with Crippen LogP contribution in [-0.4, -0.2) is 38.6 Å². The number of benzene rings is 2. The van der Waals surface area contributed by atoms with Crippen molar-refractivity contribution >= 4 is 11.9 Å². The Hall–Kier alpha value is -3.95. The molecule has 2 aromatic carbocycles. The molecule has 0 atom stereocenters. The summed E-state index contributed by atoms with van der Waals surface area (Å²) in [5.41, 5.74) is 1.23. The summed E-state index contributed by atoms with van der Waals surface area (Å²) in [5, 5.41) is 20.9. The van der Waals surface area contributed by atoms with Crippen LogP contribution in [0.3, 0.4) is 0 Å². The Kier molecular flexibility index (Phi) is 6.42. The number of alkyl halides is 3. The molecule has 0 fully saturated rings. The number of hydrogen-bond acceptors (Lipinski definition) is 5. The summed E-state index contributed by atoms with van der Waals surface area (Å²) in [6.07, 6.45) is -4.18. The number of carboxylic acid groups (broad SMARTS) is 1. The minimum atomic E-state index is -4.39. The van der Waals surface area contributed by atoms with Crippen molar-refractivity contribution in [3.05, 3.63) is 76.9 Å². The first-order valence-electron chi connectivity index (χ1n) is 9.37. The van der Waals surface area contributed by atoms with E-state index in [0.717, 1.165) is 23.3 Å². The van der Waals surface area contributed by atoms with Crippen LogP contribution >= 0.6 is 0 Å². The number of aliphatic carboxylic acids is 1. The molecule has 1 amide bonds. The number of halogens is 3. The van der Waals surface area contributed by atoms with Crippen molar-refractivity contribution in [3.8, 4) is 16.9 Å². The molecule has 0 radical (unpaired) electrons. The van der Waals surface area contributed by atoms with Gasteiger partial charge in [-0.15, -0.1) is 0 Å². The molecule has 3 rings (SSSR count). The SMILES string of the molecule is Cc1nc(Cc2ccc(-c3ccc(C(F)(F)F)cc3)cc2)nc(C(=O)NCC(=O)O)c1O. The van der Waals surface area contributed by atoms with Crippen LogP contribution in [0.25, 0.3) is 11.1 Å². The third-order valence-electron chi connectivity index (χ3n) is 4.58. The summed E-state index contributed by atoms with van der Waals surface area (Å²) in [5.74, 6) is -2.27. The van der Waals surface area contributed by atoms with Crippen LogP contribution in [0.15, 0.2) is 48.5 Å². The Morgan fingerprint density at radius 1 is 0.969 bits per heavy atom. The number of carboxylic acids is 1. The molecule has 7 nitrogen and oxygen atoms in total. The van der Waals surface area contributed by atoms with Gasteiger partial charge < -0.3 is 15.5 Å². The first-order chi connectivity index (χ1) is 15.0. The second kappa shape index (κ2) is 9.04. The quantitative estimate of drug-likeness (QED) is 0.535. The number of aromatic nitrogens is 2. The normalized spacial score (nSPS) is 11.2. The smallest absolute Gasteiger partial charge is 0.416 e. The molecule has 0 saturated heterocycles. The van der Waals surface area contributed by atoms with E-state index in [1.165, 1.54) is 19.1 Å². The van der Waals surface area contributed by atoms with Crippen LogP contribution < -0.4 is 5.32 Å². The largest absolute Gasteiger partial charge is 0.504 e. The maximum atomic E-state index is 12.7. The van der Waals surface area contributed by atoms with Gasteiger partial charge in [0.2, 0.25) is 0 Å². The summed E-state index contributed by atoms with van der Waals surface area (Å²) in [7, 11) is 0. The minimum Gasteiger partial charge on any atom is -0.504 e. The van der Waals surface area contributed by atoms with E-state index in [1.807, 2.05) is 0 Å². The molecule has 0 bridgehead atoms. The third kappa shape index (κ3) is 5.39. The molecule has 0 aliphatic rings. The van der Waals surface area contributed by atoms with Crippen LogP contribution in [0.2, 0.25) is 0 Å². The van der Waals surface area contributed by atoms with Gasteiger partial charge in [-0.3, -0.25) is 9.59 Å². The molecule has 1 heterocycles. The monoisotopic (exact) mass is 445 g/mol. The van der Waals surface area contributed by atoms with Gasteiger partial charge in [0.15, 0.2) is 11.4 Å². The Labute approximate surface area is 180 Å². The van der Waals surface area contributed by atoms with Crippen LogP contribution in [0.1, 0.15) is 33.1 Å². The topological polar surface area (TPSA) is 112 Å². The standard InChI is InChI=1S/C22H18F3N3O4/c1-12-20(31)19(21(32)26-11-18(29)30)28-17(27-12)10-13-2-4-14(5-3-13)15-6-8-16(9-7-15)22(23,24)25/h2-9,31H,10-11H2,1H3,(H,26,32)(H,29,30). The highest BCUT2D eigenvalue weighted by atomic mass is 19.4. The van der Waals surface area contributed by atoms with Gasteiger partial charge in [-0.1, -0.05) is 36.4 Å². The molecule has 0 aliphatic carbocycles. The highest BCUT2D eigenvalue weighted by Crippen LogP contribution is 2.31. The predicted octanol–water partition coefficient (Wildman–Crippen LogP) is 3.58. The molecular formula is C22H18F3N3O4. The molecule has 3 aromatic rings. The van der Waals surface area contributed by atoms with E-state index in [2.05, 4.69) is 15.3 Å². The number of aryl methyl sites for hydroxylation is 1. The molecule has 3 N–H and O–H groups in total. The first-order valence-corrected chi connectivity index (χ1v) is 9.37. The fraction of sp³-hybridized carbons (Fsp3) is 0.182. The number of hydrogen-bond donors (Lipinski definition) is 3. The van der Waals surface area contributed by atoms with E-state index >= 15 is 0 Å². The van der Waals surface area contributed by atoms with E-state index in [9.17, 15) is 27.9 Å². The number of nitrogens with one attached hydrogen (secondary N) is 1. The molecule has 32 heavy (non-hydrogen) atoms. The highest BCUT2D eigenvalue weighted by molar-refractivity contribution is 5.96. The zero-order valence-electron chi connectivity index (χ0n) is 16.8. The van der Waals surface area contributed by atoms with Crippen molar-refractivity contribution in [3.63, 3.8) is 0 Å². The molecule has 1 aromatic heterocycles. The number of aromatic hydroxyl groups is 1. The third-order valence-corrected chi connectivity index (χ3v) is 4.58. The fourth-order valence-electron chi connectivity index (χ4n) is 2.95. The summed E-state index contributed by atoms with van der Waals surface area (Å²) < 4.78 is 38.1. The summed E-state index contributed by atoms with van der Waals surface area (Å²) >= 11 is 0. The number of amides is 1. The first kappa shape index (κ1) is 22.7. The Morgan fingerprint density at radius 2 is 1.53 bits per heavy atom. The Balaban J connectivity index is 1.78. The van der Waals surface area contributed by atoms with Crippen molar-refractivity contribution < 1.29 is 33.0 Å². The second-order valence-electron chi connectivity index (χ2n) is 6.95. The lowest BCUT2D eigenvalue weighted by Gasteiger charge is -2.10. The van der Waals surface area contributed by atoms with E-state index in [0.29, 0.717) is 5.56 Å². The predicted molar refractivity (Wildman–Crippen MR) is 108 cm³/mol. The second-order valence-corrected chi connectivity index (χ2v) is 6.95. The van der Waals surface area contributed by atoms with Crippen molar-refractivity contribution in [2.75, 3.05) is 6.54 Å². The van der Waals surface area contributed by atoms with Gasteiger partial charge in [-0.25, -0.2) is 9.97 Å². The number of rotatable bonds is 6. The molecule has 166 valence electrons. The molecule has 0 aliphatic heterocycles. The van der Waals surface area contributed by atoms with Crippen LogP contribution in [0.4, 0.5) is 13.2 Å². The van der Waals surface area contributed by atoms with Crippen molar-refractivity contribution in [1.29, 1.82) is 0 Å². The van der Waals surface area contributed by atoms with Gasteiger partial charge in [0.05, 0.1) is 11.3 Å². The van der Waals surface area contributed by atoms with Crippen molar-refractivity contribution in [1.82, 2.24) is 15.3 Å². The van der Waals surface area contributed by atoms with Gasteiger partial charge in [0.25, 0.3) is 5.91 Å². The fourth-order valence-corrected chi connectivity index (χ4v) is 2.95. The average molecular weight is 445 g/mol. The van der Waals surface area contributed by atoms with Gasteiger partial charge in [-0.2, -0.15) is 13.2 Å². The Bertz CT molecular complexity index is 1140. The lowest BCUT2D eigenvalue weighted by Crippen LogP contribution is -2.30. The molecule has 0 unspecified atom stereocenters. The van der Waals surface area contributed by atoms with E-state index < -0.39 is 35.9 Å². The van der Waals surface area contributed by atoms with Crippen LogP contribution in [0, 0.1) is 6.92 Å². The zero-order chi connectivity index (χ0) is 23.5. The minimum absolute atomic E-state index is 0.164. The Morgan fingerprint density at radius 3 is 2.06 bits per heavy atom. The van der Waals surface area contributed by atoms with Gasteiger partial charge in [0, 0.05) is 6.42 Å². The lowest BCUT2D eigenvalue weighted by molar-refractivity contribution is -0.137. The maximum Gasteiger partial charge on any atom is 0.416 e. The summed E-state index contributed by atoms with van der Waals surface area (Å²) in [4.78, 5) is 30.9. The van der Waals surface area contributed by atoms with Gasteiger partial charge in [-0.05, 0) is 35.7 Å². The molecular weight excluding hydrogens is 427 g/mol.